The van der Waals surface area contributed by atoms with Crippen molar-refractivity contribution in [3.05, 3.63) is 23.9 Å². The highest BCUT2D eigenvalue weighted by molar-refractivity contribution is 7.99. The lowest BCUT2D eigenvalue weighted by Crippen LogP contribution is -2.05. The van der Waals surface area contributed by atoms with Gasteiger partial charge in [-0.1, -0.05) is 0 Å². The molecule has 1 atom stereocenters. The van der Waals surface area contributed by atoms with Crippen LogP contribution < -0.4 is 5.73 Å². The normalized spacial score (nSPS) is 12.8. The fourth-order valence-electron chi connectivity index (χ4n) is 1.03. The van der Waals surface area contributed by atoms with Crippen molar-refractivity contribution in [2.24, 2.45) is 5.73 Å². The van der Waals surface area contributed by atoms with E-state index >= 15 is 0 Å². The highest BCUT2D eigenvalue weighted by atomic mass is 32.2. The van der Waals surface area contributed by atoms with Gasteiger partial charge >= 0.3 is 0 Å². The van der Waals surface area contributed by atoms with Crippen molar-refractivity contribution in [1.29, 1.82) is 0 Å². The average molecular weight is 212 g/mol. The van der Waals surface area contributed by atoms with Crippen LogP contribution in [0.4, 0.5) is 0 Å². The molecule has 0 saturated heterocycles. The molecule has 0 fully saturated rings. The van der Waals surface area contributed by atoms with Gasteiger partial charge < -0.3 is 10.8 Å². The lowest BCUT2D eigenvalue weighted by atomic mass is 10.1. The van der Waals surface area contributed by atoms with Crippen LogP contribution in [-0.2, 0) is 0 Å². The molecule has 1 aromatic rings. The summed E-state index contributed by atoms with van der Waals surface area (Å²) in [6.07, 6.45) is 2.58. The summed E-state index contributed by atoms with van der Waals surface area (Å²) < 4.78 is 0. The van der Waals surface area contributed by atoms with Gasteiger partial charge in [0.15, 0.2) is 0 Å². The Labute approximate surface area is 88.7 Å². The molecule has 4 heteroatoms. The van der Waals surface area contributed by atoms with E-state index in [1.54, 1.807) is 18.0 Å². The number of thioether (sulfide) groups is 1. The van der Waals surface area contributed by atoms with Gasteiger partial charge in [0.05, 0.1) is 5.03 Å². The topological polar surface area (TPSA) is 59.1 Å². The van der Waals surface area contributed by atoms with Gasteiger partial charge in [0, 0.05) is 24.6 Å². The number of nitrogens with zero attached hydrogens (tertiary/aromatic N) is 1. The Bertz CT molecular complexity index is 279. The zero-order chi connectivity index (χ0) is 10.4. The molecule has 78 valence electrons. The van der Waals surface area contributed by atoms with Crippen LogP contribution in [0, 0.1) is 0 Å². The van der Waals surface area contributed by atoms with Gasteiger partial charge in [-0.3, -0.25) is 0 Å². The van der Waals surface area contributed by atoms with Crippen molar-refractivity contribution in [1.82, 2.24) is 4.98 Å². The van der Waals surface area contributed by atoms with E-state index in [0.29, 0.717) is 0 Å². The number of nitrogens with two attached hydrogens (primary N) is 1. The largest absolute Gasteiger partial charge is 0.396 e. The molecule has 0 aromatic carbocycles. The van der Waals surface area contributed by atoms with E-state index in [-0.39, 0.29) is 12.6 Å². The van der Waals surface area contributed by atoms with E-state index in [0.717, 1.165) is 22.8 Å². The quantitative estimate of drug-likeness (QED) is 0.574. The van der Waals surface area contributed by atoms with Gasteiger partial charge in [0.2, 0.25) is 0 Å². The second kappa shape index (κ2) is 6.01. The summed E-state index contributed by atoms with van der Waals surface area (Å²) in [4.78, 5) is 4.22. The smallest absolute Gasteiger partial charge is 0.0963 e. The van der Waals surface area contributed by atoms with Gasteiger partial charge in [-0.2, -0.15) is 0 Å². The Morgan fingerprint density at radius 2 is 2.43 bits per heavy atom. The monoisotopic (exact) mass is 212 g/mol. The maximum Gasteiger partial charge on any atom is 0.0963 e. The molecule has 0 saturated carbocycles. The fraction of sp³-hybridized carbons (Fsp3) is 0.500. The minimum absolute atomic E-state index is 0.0511. The lowest BCUT2D eigenvalue weighted by molar-refractivity contribution is 0.296. The summed E-state index contributed by atoms with van der Waals surface area (Å²) in [6.45, 7) is 2.19. The van der Waals surface area contributed by atoms with E-state index < -0.39 is 0 Å². The summed E-state index contributed by atoms with van der Waals surface area (Å²) in [6, 6.07) is 3.99. The lowest BCUT2D eigenvalue weighted by Gasteiger charge is -2.06. The van der Waals surface area contributed by atoms with Crippen LogP contribution in [0.3, 0.4) is 0 Å². The fourth-order valence-corrected chi connectivity index (χ4v) is 1.87. The molecular weight excluding hydrogens is 196 g/mol. The molecule has 3 N–H and O–H groups in total. The summed E-state index contributed by atoms with van der Waals surface area (Å²) >= 11 is 1.65. The Hall–Kier alpha value is -0.580. The van der Waals surface area contributed by atoms with Gasteiger partial charge in [-0.15, -0.1) is 11.8 Å². The summed E-state index contributed by atoms with van der Waals surface area (Å²) in [5, 5.41) is 9.61. The Morgan fingerprint density at radius 1 is 1.64 bits per heavy atom. The van der Waals surface area contributed by atoms with Crippen LogP contribution >= 0.6 is 11.8 Å². The SMILES string of the molecule is CC(N)c1ccnc(SCCCO)c1. The van der Waals surface area contributed by atoms with Crippen LogP contribution in [0.5, 0.6) is 0 Å². The van der Waals surface area contributed by atoms with Gasteiger partial charge in [-0.05, 0) is 31.0 Å². The van der Waals surface area contributed by atoms with Crippen molar-refractivity contribution in [2.45, 2.75) is 24.4 Å². The standard InChI is InChI=1S/C10H16N2OS/c1-8(11)9-3-4-12-10(7-9)14-6-2-5-13/h3-4,7-8,13H,2,5-6,11H2,1H3. The maximum atomic E-state index is 8.63. The third kappa shape index (κ3) is 3.65. The molecule has 1 rings (SSSR count). The maximum absolute atomic E-state index is 8.63. The number of pyridine rings is 1. The van der Waals surface area contributed by atoms with Crippen molar-refractivity contribution in [2.75, 3.05) is 12.4 Å². The first-order valence-electron chi connectivity index (χ1n) is 4.69. The predicted molar refractivity (Wildman–Crippen MR) is 59.3 cm³/mol. The third-order valence-electron chi connectivity index (χ3n) is 1.84. The molecule has 0 radical (unpaired) electrons. The molecule has 14 heavy (non-hydrogen) atoms. The minimum atomic E-state index is 0.0511. The minimum Gasteiger partial charge on any atom is -0.396 e. The van der Waals surface area contributed by atoms with Crippen LogP contribution in [0.1, 0.15) is 24.9 Å². The molecule has 1 heterocycles. The Morgan fingerprint density at radius 3 is 3.07 bits per heavy atom. The molecular formula is C10H16N2OS. The van der Waals surface area contributed by atoms with E-state index in [9.17, 15) is 0 Å². The molecule has 0 aliphatic carbocycles. The van der Waals surface area contributed by atoms with Crippen molar-refractivity contribution < 1.29 is 5.11 Å². The first-order chi connectivity index (χ1) is 6.74. The zero-order valence-corrected chi connectivity index (χ0v) is 9.13. The summed E-state index contributed by atoms with van der Waals surface area (Å²) in [7, 11) is 0. The van der Waals surface area contributed by atoms with Crippen LogP contribution in [0.25, 0.3) is 0 Å². The summed E-state index contributed by atoms with van der Waals surface area (Å²) in [5.41, 5.74) is 6.86. The summed E-state index contributed by atoms with van der Waals surface area (Å²) in [5.74, 6) is 0.895. The van der Waals surface area contributed by atoms with E-state index in [2.05, 4.69) is 4.98 Å². The van der Waals surface area contributed by atoms with Crippen molar-refractivity contribution in [3.63, 3.8) is 0 Å². The van der Waals surface area contributed by atoms with E-state index in [4.69, 9.17) is 10.8 Å². The number of hydrogen-bond acceptors (Lipinski definition) is 4. The first-order valence-corrected chi connectivity index (χ1v) is 5.68. The van der Waals surface area contributed by atoms with E-state index in [1.165, 1.54) is 0 Å². The predicted octanol–water partition coefficient (Wildman–Crippen LogP) is 1.58. The van der Waals surface area contributed by atoms with Gasteiger partial charge in [-0.25, -0.2) is 4.98 Å². The molecule has 0 aliphatic rings. The van der Waals surface area contributed by atoms with Gasteiger partial charge in [0.25, 0.3) is 0 Å². The molecule has 1 unspecified atom stereocenters. The van der Waals surface area contributed by atoms with Gasteiger partial charge in [0.1, 0.15) is 0 Å². The van der Waals surface area contributed by atoms with Crippen LogP contribution in [0.2, 0.25) is 0 Å². The van der Waals surface area contributed by atoms with Crippen molar-refractivity contribution >= 4 is 11.8 Å². The molecule has 0 bridgehead atoms. The molecule has 0 aliphatic heterocycles. The van der Waals surface area contributed by atoms with Crippen LogP contribution in [0.15, 0.2) is 23.4 Å². The second-order valence-electron chi connectivity index (χ2n) is 3.14. The Balaban J connectivity index is 2.55. The second-order valence-corrected chi connectivity index (χ2v) is 4.26. The number of aliphatic hydroxyl groups excluding tert-OH is 1. The number of aromatic nitrogens is 1. The Kier molecular flexibility index (Phi) is 4.93. The number of hydrogen-bond donors (Lipinski definition) is 2. The average Bonchev–Trinajstić information content (AvgIpc) is 2.19. The molecule has 1 aromatic heterocycles. The highest BCUT2D eigenvalue weighted by Crippen LogP contribution is 2.19. The molecule has 0 spiro atoms. The van der Waals surface area contributed by atoms with Crippen LogP contribution in [-0.4, -0.2) is 22.5 Å². The first kappa shape index (κ1) is 11.5. The van der Waals surface area contributed by atoms with Crippen molar-refractivity contribution in [3.8, 4) is 0 Å². The zero-order valence-electron chi connectivity index (χ0n) is 8.31. The number of aliphatic hydroxyl groups is 1. The number of rotatable bonds is 5. The highest BCUT2D eigenvalue weighted by Gasteiger charge is 2.01. The van der Waals surface area contributed by atoms with E-state index in [1.807, 2.05) is 19.1 Å². The molecule has 0 amide bonds. The third-order valence-corrected chi connectivity index (χ3v) is 2.85. The molecule has 3 nitrogen and oxygen atoms in total.